The van der Waals surface area contributed by atoms with Crippen LogP contribution in [0.15, 0.2) is 60.7 Å². The summed E-state index contributed by atoms with van der Waals surface area (Å²) in [5, 5.41) is 0. The number of benzene rings is 2. The van der Waals surface area contributed by atoms with Gasteiger partial charge in [-0.25, -0.2) is 4.57 Å². The molecular formula is C15H13O4P. The van der Waals surface area contributed by atoms with Crippen molar-refractivity contribution in [3.05, 3.63) is 60.7 Å². The molecule has 0 saturated carbocycles. The van der Waals surface area contributed by atoms with Crippen LogP contribution >= 0.6 is 7.82 Å². The van der Waals surface area contributed by atoms with E-state index in [2.05, 4.69) is 5.92 Å². The summed E-state index contributed by atoms with van der Waals surface area (Å²) in [5.41, 5.74) is 0. The summed E-state index contributed by atoms with van der Waals surface area (Å²) in [7, 11) is -3.82. The van der Waals surface area contributed by atoms with Gasteiger partial charge in [-0.1, -0.05) is 42.3 Å². The highest BCUT2D eigenvalue weighted by Gasteiger charge is 2.30. The van der Waals surface area contributed by atoms with Crippen molar-refractivity contribution in [1.82, 2.24) is 0 Å². The molecule has 0 unspecified atom stereocenters. The van der Waals surface area contributed by atoms with Gasteiger partial charge in [-0.3, -0.25) is 4.52 Å². The molecule has 0 heterocycles. The smallest absolute Gasteiger partial charge is 0.395 e. The topological polar surface area (TPSA) is 44.8 Å². The van der Waals surface area contributed by atoms with Crippen LogP contribution in [0.5, 0.6) is 11.5 Å². The van der Waals surface area contributed by atoms with Crippen LogP contribution in [-0.4, -0.2) is 6.61 Å². The highest BCUT2D eigenvalue weighted by Crippen LogP contribution is 2.49. The van der Waals surface area contributed by atoms with E-state index in [9.17, 15) is 4.57 Å². The third-order valence-corrected chi connectivity index (χ3v) is 3.54. The van der Waals surface area contributed by atoms with Crippen molar-refractivity contribution in [3.63, 3.8) is 0 Å². The molecule has 20 heavy (non-hydrogen) atoms. The number of terminal acetylenes is 1. The predicted octanol–water partition coefficient (Wildman–Crippen LogP) is 3.90. The Labute approximate surface area is 117 Å². The van der Waals surface area contributed by atoms with E-state index in [-0.39, 0.29) is 6.61 Å². The second-order valence-corrected chi connectivity index (χ2v) is 5.25. The normalized spacial score (nSPS) is 10.6. The first-order valence-corrected chi connectivity index (χ1v) is 7.35. The number of phosphoric ester groups is 1. The Morgan fingerprint density at radius 2 is 1.35 bits per heavy atom. The maximum atomic E-state index is 12.5. The first-order chi connectivity index (χ1) is 9.72. The molecule has 102 valence electrons. The second kappa shape index (κ2) is 6.81. The Balaban J connectivity index is 2.17. The summed E-state index contributed by atoms with van der Waals surface area (Å²) >= 11 is 0. The largest absolute Gasteiger partial charge is 0.588 e. The lowest BCUT2D eigenvalue weighted by Gasteiger charge is -2.17. The first kappa shape index (κ1) is 14.2. The van der Waals surface area contributed by atoms with Crippen molar-refractivity contribution in [3.8, 4) is 23.8 Å². The molecule has 0 saturated heterocycles. The van der Waals surface area contributed by atoms with Crippen molar-refractivity contribution in [2.75, 3.05) is 6.61 Å². The number of para-hydroxylation sites is 2. The summed E-state index contributed by atoms with van der Waals surface area (Å²) in [6.07, 6.45) is 5.12. The van der Waals surface area contributed by atoms with E-state index in [4.69, 9.17) is 20.0 Å². The fourth-order valence-electron chi connectivity index (χ4n) is 1.41. The van der Waals surface area contributed by atoms with Gasteiger partial charge in [0.1, 0.15) is 18.1 Å². The first-order valence-electron chi connectivity index (χ1n) is 5.89. The highest BCUT2D eigenvalue weighted by atomic mass is 31.2. The van der Waals surface area contributed by atoms with Gasteiger partial charge >= 0.3 is 7.82 Å². The lowest BCUT2D eigenvalue weighted by molar-refractivity contribution is 0.232. The molecule has 0 atom stereocenters. The average Bonchev–Trinajstić information content (AvgIpc) is 2.47. The highest BCUT2D eigenvalue weighted by molar-refractivity contribution is 7.49. The molecular weight excluding hydrogens is 275 g/mol. The Morgan fingerprint density at radius 3 is 1.75 bits per heavy atom. The minimum atomic E-state index is -3.82. The van der Waals surface area contributed by atoms with Gasteiger partial charge in [0.15, 0.2) is 0 Å². The maximum Gasteiger partial charge on any atom is 0.588 e. The Morgan fingerprint density at radius 1 is 0.900 bits per heavy atom. The third kappa shape index (κ3) is 4.17. The minimum absolute atomic E-state index is 0.170. The molecule has 4 nitrogen and oxygen atoms in total. The molecule has 0 aliphatic carbocycles. The van der Waals surface area contributed by atoms with Crippen molar-refractivity contribution in [2.24, 2.45) is 0 Å². The zero-order chi connectivity index (χ0) is 14.3. The summed E-state index contributed by atoms with van der Waals surface area (Å²) in [4.78, 5) is 0. The zero-order valence-corrected chi connectivity index (χ0v) is 11.5. The Hall–Kier alpha value is -2.21. The third-order valence-electron chi connectivity index (χ3n) is 2.23. The number of rotatable bonds is 6. The molecule has 2 rings (SSSR count). The number of hydrogen-bond donors (Lipinski definition) is 0. The molecule has 0 bridgehead atoms. The zero-order valence-electron chi connectivity index (χ0n) is 10.6. The van der Waals surface area contributed by atoms with Crippen LogP contribution in [0.3, 0.4) is 0 Å². The Kier molecular flexibility index (Phi) is 4.84. The predicted molar refractivity (Wildman–Crippen MR) is 76.5 cm³/mol. The van der Waals surface area contributed by atoms with Crippen LogP contribution in [-0.2, 0) is 9.09 Å². The van der Waals surface area contributed by atoms with Gasteiger partial charge in [-0.2, -0.15) is 0 Å². The maximum absolute atomic E-state index is 12.5. The molecule has 0 fully saturated rings. The molecule has 0 aromatic heterocycles. The molecule has 5 heteroatoms. The van der Waals surface area contributed by atoms with E-state index in [1.807, 2.05) is 12.1 Å². The molecule has 0 radical (unpaired) electrons. The summed E-state index contributed by atoms with van der Waals surface area (Å²) in [6, 6.07) is 17.3. The van der Waals surface area contributed by atoms with E-state index in [0.29, 0.717) is 11.5 Å². The average molecular weight is 288 g/mol. The van der Waals surface area contributed by atoms with E-state index in [0.717, 1.165) is 0 Å². The summed E-state index contributed by atoms with van der Waals surface area (Å²) < 4.78 is 28.3. The van der Waals surface area contributed by atoms with Crippen molar-refractivity contribution in [2.45, 2.75) is 0 Å². The summed E-state index contributed by atoms with van der Waals surface area (Å²) in [5.74, 6) is 3.00. The quantitative estimate of drug-likeness (QED) is 0.597. The Bertz CT molecular complexity index is 574. The van der Waals surface area contributed by atoms with E-state index >= 15 is 0 Å². The van der Waals surface area contributed by atoms with Crippen LogP contribution in [0.1, 0.15) is 0 Å². The summed E-state index contributed by atoms with van der Waals surface area (Å²) in [6.45, 7) is -0.170. The van der Waals surface area contributed by atoms with Crippen LogP contribution in [0, 0.1) is 12.3 Å². The van der Waals surface area contributed by atoms with Gasteiger partial charge in [0.05, 0.1) is 0 Å². The molecule has 0 spiro atoms. The van der Waals surface area contributed by atoms with Gasteiger partial charge in [-0.15, -0.1) is 6.42 Å². The van der Waals surface area contributed by atoms with Gasteiger partial charge < -0.3 is 9.05 Å². The molecule has 0 N–H and O–H groups in total. The van der Waals surface area contributed by atoms with Crippen LogP contribution in [0.4, 0.5) is 0 Å². The van der Waals surface area contributed by atoms with Crippen LogP contribution < -0.4 is 9.05 Å². The number of phosphoric acid groups is 1. The molecule has 0 aliphatic rings. The molecule has 2 aromatic carbocycles. The van der Waals surface area contributed by atoms with Gasteiger partial charge in [0, 0.05) is 0 Å². The van der Waals surface area contributed by atoms with E-state index in [1.165, 1.54) is 0 Å². The fraction of sp³-hybridized carbons (Fsp3) is 0.0667. The van der Waals surface area contributed by atoms with Crippen molar-refractivity contribution in [1.29, 1.82) is 0 Å². The monoisotopic (exact) mass is 288 g/mol. The molecule has 2 aromatic rings. The molecule has 0 aliphatic heterocycles. The number of hydrogen-bond acceptors (Lipinski definition) is 4. The van der Waals surface area contributed by atoms with E-state index in [1.54, 1.807) is 48.5 Å². The van der Waals surface area contributed by atoms with Gasteiger partial charge in [-0.05, 0) is 24.3 Å². The van der Waals surface area contributed by atoms with Crippen molar-refractivity contribution >= 4 is 7.82 Å². The van der Waals surface area contributed by atoms with Crippen LogP contribution in [0.2, 0.25) is 0 Å². The molecule has 0 amide bonds. The second-order valence-electron chi connectivity index (χ2n) is 3.73. The minimum Gasteiger partial charge on any atom is -0.395 e. The van der Waals surface area contributed by atoms with Gasteiger partial charge in [0.25, 0.3) is 0 Å². The fourth-order valence-corrected chi connectivity index (χ4v) is 2.54. The van der Waals surface area contributed by atoms with Crippen LogP contribution in [0.25, 0.3) is 0 Å². The van der Waals surface area contributed by atoms with Gasteiger partial charge in [0.2, 0.25) is 0 Å². The van der Waals surface area contributed by atoms with E-state index < -0.39 is 7.82 Å². The lowest BCUT2D eigenvalue weighted by Crippen LogP contribution is -2.05. The SMILES string of the molecule is C#CCOP(=O)(Oc1ccccc1)Oc1ccccc1. The van der Waals surface area contributed by atoms with Crippen molar-refractivity contribution < 1.29 is 18.1 Å². The lowest BCUT2D eigenvalue weighted by atomic mass is 10.3. The standard InChI is InChI=1S/C15H13O4P/c1-2-13-17-20(16,18-14-9-5-3-6-10-14)19-15-11-7-4-8-12-15/h1,3-12H,13H2.